The van der Waals surface area contributed by atoms with Gasteiger partial charge in [0.2, 0.25) is 0 Å². The van der Waals surface area contributed by atoms with Crippen LogP contribution in [0.3, 0.4) is 0 Å². The first-order valence-electron chi connectivity index (χ1n) is 6.98. The molecule has 0 spiro atoms. The summed E-state index contributed by atoms with van der Waals surface area (Å²) in [6.45, 7) is 8.52. The van der Waals surface area contributed by atoms with E-state index in [1.807, 2.05) is 4.57 Å². The third-order valence-corrected chi connectivity index (χ3v) is 3.09. The maximum absolute atomic E-state index is 4.33. The fourth-order valence-corrected chi connectivity index (χ4v) is 2.06. The molecule has 20 heavy (non-hydrogen) atoms. The summed E-state index contributed by atoms with van der Waals surface area (Å²) in [5.41, 5.74) is 1.09. The van der Waals surface area contributed by atoms with Crippen molar-refractivity contribution < 1.29 is 0 Å². The van der Waals surface area contributed by atoms with E-state index in [1.54, 1.807) is 12.7 Å². The summed E-state index contributed by atoms with van der Waals surface area (Å²) < 4.78 is 2.00. The van der Waals surface area contributed by atoms with Gasteiger partial charge in [-0.1, -0.05) is 6.92 Å². The van der Waals surface area contributed by atoms with Crippen molar-refractivity contribution in [3.63, 3.8) is 0 Å². The predicted molar refractivity (Wildman–Crippen MR) is 78.6 cm³/mol. The molecule has 0 fully saturated rings. The Morgan fingerprint density at radius 1 is 1.10 bits per heavy atom. The van der Waals surface area contributed by atoms with E-state index in [2.05, 4.69) is 51.6 Å². The topological polar surface area (TPSA) is 80.6 Å². The highest BCUT2D eigenvalue weighted by molar-refractivity contribution is 5.57. The molecule has 2 aromatic heterocycles. The first-order valence-corrected chi connectivity index (χ1v) is 6.98. The lowest BCUT2D eigenvalue weighted by atomic mass is 10.2. The molecule has 108 valence electrons. The number of nitrogens with zero attached hydrogens (tertiary/aromatic N) is 5. The van der Waals surface area contributed by atoms with E-state index < -0.39 is 0 Å². The van der Waals surface area contributed by atoms with Crippen LogP contribution in [0.15, 0.2) is 12.7 Å². The van der Waals surface area contributed by atoms with E-state index >= 15 is 0 Å². The van der Waals surface area contributed by atoms with Crippen LogP contribution in [-0.2, 0) is 19.5 Å². The van der Waals surface area contributed by atoms with Crippen molar-refractivity contribution in [3.8, 4) is 0 Å². The van der Waals surface area contributed by atoms with Crippen molar-refractivity contribution in [1.29, 1.82) is 0 Å². The average Bonchev–Trinajstić information content (AvgIpc) is 2.93. The SMILES string of the molecule is CCNc1ncnc(NCc2nncn2CC)c1CC. The largest absolute Gasteiger partial charge is 0.370 e. The van der Waals surface area contributed by atoms with E-state index in [0.29, 0.717) is 6.54 Å². The fourth-order valence-electron chi connectivity index (χ4n) is 2.06. The molecule has 2 heterocycles. The summed E-state index contributed by atoms with van der Waals surface area (Å²) in [4.78, 5) is 8.61. The van der Waals surface area contributed by atoms with Crippen LogP contribution in [0.1, 0.15) is 32.2 Å². The molecular formula is C13H21N7. The van der Waals surface area contributed by atoms with Crippen LogP contribution in [0, 0.1) is 0 Å². The van der Waals surface area contributed by atoms with E-state index in [-0.39, 0.29) is 0 Å². The van der Waals surface area contributed by atoms with Gasteiger partial charge in [0.25, 0.3) is 0 Å². The smallest absolute Gasteiger partial charge is 0.152 e. The third kappa shape index (κ3) is 3.04. The Morgan fingerprint density at radius 2 is 1.85 bits per heavy atom. The molecule has 0 bridgehead atoms. The Hall–Kier alpha value is -2.18. The highest BCUT2D eigenvalue weighted by atomic mass is 15.3. The summed E-state index contributed by atoms with van der Waals surface area (Å²) in [7, 11) is 0. The quantitative estimate of drug-likeness (QED) is 0.800. The Kier molecular flexibility index (Phi) is 4.86. The molecule has 2 aromatic rings. The van der Waals surface area contributed by atoms with Gasteiger partial charge >= 0.3 is 0 Å². The van der Waals surface area contributed by atoms with Crippen molar-refractivity contribution >= 4 is 11.6 Å². The molecule has 0 aliphatic rings. The molecule has 7 nitrogen and oxygen atoms in total. The number of rotatable bonds is 7. The van der Waals surface area contributed by atoms with Gasteiger partial charge in [0, 0.05) is 18.7 Å². The van der Waals surface area contributed by atoms with Gasteiger partial charge in [-0.05, 0) is 20.3 Å². The lowest BCUT2D eigenvalue weighted by molar-refractivity contribution is 0.707. The average molecular weight is 275 g/mol. The van der Waals surface area contributed by atoms with E-state index in [0.717, 1.165) is 42.5 Å². The minimum Gasteiger partial charge on any atom is -0.370 e. The molecule has 0 radical (unpaired) electrons. The van der Waals surface area contributed by atoms with Crippen molar-refractivity contribution in [2.24, 2.45) is 0 Å². The second-order valence-electron chi connectivity index (χ2n) is 4.32. The van der Waals surface area contributed by atoms with Gasteiger partial charge in [-0.15, -0.1) is 10.2 Å². The van der Waals surface area contributed by atoms with Gasteiger partial charge in [0.05, 0.1) is 6.54 Å². The second kappa shape index (κ2) is 6.83. The molecule has 0 amide bonds. The molecular weight excluding hydrogens is 254 g/mol. The summed E-state index contributed by atoms with van der Waals surface area (Å²) in [5, 5.41) is 14.6. The van der Waals surface area contributed by atoms with Gasteiger partial charge < -0.3 is 15.2 Å². The number of hydrogen-bond acceptors (Lipinski definition) is 6. The van der Waals surface area contributed by atoms with Crippen LogP contribution < -0.4 is 10.6 Å². The highest BCUT2D eigenvalue weighted by Crippen LogP contribution is 2.20. The zero-order valence-corrected chi connectivity index (χ0v) is 12.2. The summed E-state index contributed by atoms with van der Waals surface area (Å²) in [5.74, 6) is 2.65. The molecule has 0 saturated carbocycles. The Bertz CT molecular complexity index is 549. The maximum atomic E-state index is 4.33. The molecule has 2 rings (SSSR count). The van der Waals surface area contributed by atoms with Crippen LogP contribution >= 0.6 is 0 Å². The van der Waals surface area contributed by atoms with Crippen LogP contribution in [0.25, 0.3) is 0 Å². The Labute approximate surface area is 118 Å². The first-order chi connectivity index (χ1) is 9.80. The summed E-state index contributed by atoms with van der Waals surface area (Å²) >= 11 is 0. The van der Waals surface area contributed by atoms with Crippen molar-refractivity contribution in [2.45, 2.75) is 40.3 Å². The zero-order valence-electron chi connectivity index (χ0n) is 12.2. The summed E-state index contributed by atoms with van der Waals surface area (Å²) in [6, 6.07) is 0. The van der Waals surface area contributed by atoms with Crippen LogP contribution in [0.5, 0.6) is 0 Å². The van der Waals surface area contributed by atoms with E-state index in [4.69, 9.17) is 0 Å². The van der Waals surface area contributed by atoms with Gasteiger partial charge in [-0.2, -0.15) is 0 Å². The predicted octanol–water partition coefficient (Wildman–Crippen LogP) is 1.69. The summed E-state index contributed by atoms with van der Waals surface area (Å²) in [6.07, 6.45) is 4.18. The molecule has 7 heteroatoms. The lowest BCUT2D eigenvalue weighted by Gasteiger charge is -2.13. The molecule has 0 saturated heterocycles. The Morgan fingerprint density at radius 3 is 2.50 bits per heavy atom. The van der Waals surface area contributed by atoms with Gasteiger partial charge in [0.1, 0.15) is 24.3 Å². The van der Waals surface area contributed by atoms with E-state index in [9.17, 15) is 0 Å². The minimum atomic E-state index is 0.601. The second-order valence-corrected chi connectivity index (χ2v) is 4.32. The highest BCUT2D eigenvalue weighted by Gasteiger charge is 2.10. The van der Waals surface area contributed by atoms with Crippen LogP contribution in [0.4, 0.5) is 11.6 Å². The van der Waals surface area contributed by atoms with Crippen molar-refractivity contribution in [1.82, 2.24) is 24.7 Å². The molecule has 0 aliphatic carbocycles. The number of nitrogens with one attached hydrogen (secondary N) is 2. The third-order valence-electron chi connectivity index (χ3n) is 3.09. The molecule has 0 aliphatic heterocycles. The monoisotopic (exact) mass is 275 g/mol. The number of hydrogen-bond donors (Lipinski definition) is 2. The van der Waals surface area contributed by atoms with Gasteiger partial charge in [-0.25, -0.2) is 9.97 Å². The number of aryl methyl sites for hydroxylation is 1. The maximum Gasteiger partial charge on any atom is 0.152 e. The van der Waals surface area contributed by atoms with Crippen LogP contribution in [0.2, 0.25) is 0 Å². The Balaban J connectivity index is 2.15. The van der Waals surface area contributed by atoms with Gasteiger partial charge in [0.15, 0.2) is 5.82 Å². The number of anilines is 2. The first kappa shape index (κ1) is 14.2. The molecule has 0 unspecified atom stereocenters. The van der Waals surface area contributed by atoms with Gasteiger partial charge in [-0.3, -0.25) is 0 Å². The molecule has 0 atom stereocenters. The molecule has 0 aromatic carbocycles. The minimum absolute atomic E-state index is 0.601. The van der Waals surface area contributed by atoms with Crippen molar-refractivity contribution in [3.05, 3.63) is 24.0 Å². The van der Waals surface area contributed by atoms with E-state index in [1.165, 1.54) is 0 Å². The fraction of sp³-hybridized carbons (Fsp3) is 0.538. The standard InChI is InChI=1S/C13H21N7/c1-4-10-12(14-5-2)16-8-17-13(10)15-7-11-19-18-9-20(11)6-3/h8-9H,4-7H2,1-3H3,(H2,14,15,16,17). The van der Waals surface area contributed by atoms with Crippen molar-refractivity contribution in [2.75, 3.05) is 17.2 Å². The lowest BCUT2D eigenvalue weighted by Crippen LogP contribution is -2.12. The van der Waals surface area contributed by atoms with Crippen LogP contribution in [-0.4, -0.2) is 31.3 Å². The zero-order chi connectivity index (χ0) is 14.4. The normalized spacial score (nSPS) is 10.6. The molecule has 2 N–H and O–H groups in total. The number of aromatic nitrogens is 5.